The molecule has 13 nitrogen and oxygen atoms in total. The van der Waals surface area contributed by atoms with Crippen molar-refractivity contribution in [2.45, 2.75) is 70.6 Å². The van der Waals surface area contributed by atoms with E-state index in [0.717, 1.165) is 13.8 Å². The van der Waals surface area contributed by atoms with Crippen LogP contribution in [-0.2, 0) is 47.7 Å². The van der Waals surface area contributed by atoms with Crippen LogP contribution < -0.4 is 10.6 Å². The lowest BCUT2D eigenvalue weighted by Gasteiger charge is -2.45. The average Bonchev–Trinajstić information content (AvgIpc) is 3.10. The van der Waals surface area contributed by atoms with Gasteiger partial charge >= 0.3 is 17.9 Å². The van der Waals surface area contributed by atoms with Crippen LogP contribution in [0, 0.1) is 0 Å². The molecule has 184 valence electrons. The Bertz CT molecular complexity index is 816. The molecular weight excluding hydrogens is 442 g/mol. The highest BCUT2D eigenvalue weighted by Gasteiger charge is 2.59. The fourth-order valence-electron chi connectivity index (χ4n) is 4.10. The molecule has 0 aromatic rings. The van der Waals surface area contributed by atoms with Crippen molar-refractivity contribution < 1.29 is 47.7 Å². The minimum absolute atomic E-state index is 0.0390. The zero-order valence-corrected chi connectivity index (χ0v) is 19.1. The van der Waals surface area contributed by atoms with Gasteiger partial charge in [-0.05, 0) is 0 Å². The highest BCUT2D eigenvalue weighted by Crippen LogP contribution is 2.38. The van der Waals surface area contributed by atoms with E-state index in [9.17, 15) is 28.8 Å². The number of nitrogens with one attached hydrogen (secondary N) is 2. The normalized spacial score (nSPS) is 28.2. The van der Waals surface area contributed by atoms with E-state index in [1.165, 1.54) is 25.8 Å². The van der Waals surface area contributed by atoms with E-state index in [4.69, 9.17) is 18.9 Å². The van der Waals surface area contributed by atoms with Gasteiger partial charge in [-0.2, -0.15) is 0 Å². The molecule has 0 spiro atoms. The van der Waals surface area contributed by atoms with Gasteiger partial charge in [-0.3, -0.25) is 28.8 Å². The molecule has 2 N–H and O–H groups in total. The number of fused-ring (bicyclic) bond motifs is 1. The van der Waals surface area contributed by atoms with Crippen molar-refractivity contribution in [1.82, 2.24) is 15.5 Å². The molecule has 2 fully saturated rings. The minimum atomic E-state index is -1.23. The molecule has 2 rings (SSSR count). The second-order valence-electron chi connectivity index (χ2n) is 7.73. The Labute approximate surface area is 190 Å². The Hall–Kier alpha value is -3.22. The first-order valence-corrected chi connectivity index (χ1v) is 10.4. The molecule has 6 atom stereocenters. The Morgan fingerprint density at radius 1 is 0.939 bits per heavy atom. The first-order chi connectivity index (χ1) is 15.5. The Balaban J connectivity index is 2.49. The number of carbonyl (C=O) groups excluding carboxylic acids is 6. The second kappa shape index (κ2) is 11.1. The van der Waals surface area contributed by atoms with Crippen LogP contribution in [0.3, 0.4) is 0 Å². The van der Waals surface area contributed by atoms with Gasteiger partial charge in [0.2, 0.25) is 17.7 Å². The molecule has 13 heteroatoms. The van der Waals surface area contributed by atoms with Crippen molar-refractivity contribution in [2.75, 3.05) is 20.2 Å². The van der Waals surface area contributed by atoms with Crippen molar-refractivity contribution >= 4 is 35.6 Å². The summed E-state index contributed by atoms with van der Waals surface area (Å²) in [5, 5.41) is 4.86. The number of hydrogen-bond acceptors (Lipinski definition) is 10. The number of amides is 3. The number of nitrogens with zero attached hydrogens (tertiary/aromatic N) is 1. The number of rotatable bonds is 7. The van der Waals surface area contributed by atoms with Gasteiger partial charge < -0.3 is 34.5 Å². The highest BCUT2D eigenvalue weighted by atomic mass is 16.6. The standard InChI is InChI=1S/C20H29N3O10/c1-9(24)22-7-16(28)23-13(20(29)21-5)6-14-17(23)19(32-12(4)27)18(31-11(3)26)15(33-14)8-30-10(2)25/h13-15,17-19H,6-8H2,1-5H3,(H,21,29)(H,22,24)/t13-,14+,15+,17-,18+,19+/m0/s1. The highest BCUT2D eigenvalue weighted by molar-refractivity contribution is 5.91. The Kier molecular flexibility index (Phi) is 8.74. The Morgan fingerprint density at radius 2 is 1.55 bits per heavy atom. The van der Waals surface area contributed by atoms with Crippen molar-refractivity contribution in [3.8, 4) is 0 Å². The Morgan fingerprint density at radius 3 is 2.06 bits per heavy atom. The van der Waals surface area contributed by atoms with E-state index in [2.05, 4.69) is 10.6 Å². The smallest absolute Gasteiger partial charge is 0.303 e. The molecule has 0 aromatic heterocycles. The summed E-state index contributed by atoms with van der Waals surface area (Å²) >= 11 is 0. The van der Waals surface area contributed by atoms with Gasteiger partial charge in [-0.15, -0.1) is 0 Å². The van der Waals surface area contributed by atoms with Crippen LogP contribution in [0.5, 0.6) is 0 Å². The molecule has 0 aromatic carbocycles. The molecule has 0 aliphatic carbocycles. The summed E-state index contributed by atoms with van der Waals surface area (Å²) in [5.41, 5.74) is 0. The van der Waals surface area contributed by atoms with Crippen LogP contribution in [-0.4, -0.2) is 97.2 Å². The summed E-state index contributed by atoms with van der Waals surface area (Å²) in [6.07, 6.45) is -4.24. The summed E-state index contributed by atoms with van der Waals surface area (Å²) < 4.78 is 21.9. The second-order valence-corrected chi connectivity index (χ2v) is 7.73. The van der Waals surface area contributed by atoms with Gasteiger partial charge in [-0.25, -0.2) is 0 Å². The fourth-order valence-corrected chi connectivity index (χ4v) is 4.10. The molecular formula is C20H29N3O10. The van der Waals surface area contributed by atoms with Crippen LogP contribution in [0.2, 0.25) is 0 Å². The molecule has 2 saturated heterocycles. The molecule has 2 aliphatic rings. The molecule has 0 bridgehead atoms. The van der Waals surface area contributed by atoms with Gasteiger partial charge in [0.05, 0.1) is 18.7 Å². The molecule has 33 heavy (non-hydrogen) atoms. The topological polar surface area (TPSA) is 167 Å². The molecule has 0 radical (unpaired) electrons. The molecule has 3 amide bonds. The van der Waals surface area contributed by atoms with Gasteiger partial charge in [-0.1, -0.05) is 0 Å². The predicted molar refractivity (Wildman–Crippen MR) is 108 cm³/mol. The van der Waals surface area contributed by atoms with Crippen molar-refractivity contribution in [1.29, 1.82) is 0 Å². The summed E-state index contributed by atoms with van der Waals surface area (Å²) in [6, 6.07) is -2.01. The number of likely N-dealkylation sites (tertiary alicyclic amines) is 1. The lowest BCUT2D eigenvalue weighted by molar-refractivity contribution is -0.226. The van der Waals surface area contributed by atoms with Crippen molar-refractivity contribution in [3.63, 3.8) is 0 Å². The lowest BCUT2D eigenvalue weighted by atomic mass is 9.92. The van der Waals surface area contributed by atoms with Crippen LogP contribution >= 0.6 is 0 Å². The molecule has 2 aliphatic heterocycles. The van der Waals surface area contributed by atoms with Gasteiger partial charge in [0.1, 0.15) is 18.8 Å². The van der Waals surface area contributed by atoms with E-state index in [1.54, 1.807) is 0 Å². The third kappa shape index (κ3) is 6.40. The van der Waals surface area contributed by atoms with Crippen molar-refractivity contribution in [2.24, 2.45) is 0 Å². The van der Waals surface area contributed by atoms with Crippen LogP contribution in [0.4, 0.5) is 0 Å². The molecule has 0 saturated carbocycles. The maximum atomic E-state index is 13.1. The van der Waals surface area contributed by atoms with Gasteiger partial charge in [0, 0.05) is 41.2 Å². The molecule has 2 heterocycles. The first-order valence-electron chi connectivity index (χ1n) is 10.4. The monoisotopic (exact) mass is 471 g/mol. The number of esters is 3. The lowest BCUT2D eigenvalue weighted by Crippen LogP contribution is -2.65. The average molecular weight is 471 g/mol. The van der Waals surface area contributed by atoms with Crippen LogP contribution in [0.15, 0.2) is 0 Å². The van der Waals surface area contributed by atoms with E-state index >= 15 is 0 Å². The predicted octanol–water partition coefficient (Wildman–Crippen LogP) is -1.97. The maximum absolute atomic E-state index is 13.1. The van der Waals surface area contributed by atoms with E-state index in [-0.39, 0.29) is 13.0 Å². The first kappa shape index (κ1) is 26.0. The zero-order chi connectivity index (χ0) is 24.9. The number of hydrogen-bond donors (Lipinski definition) is 2. The summed E-state index contributed by atoms with van der Waals surface area (Å²) in [6.45, 7) is 3.99. The van der Waals surface area contributed by atoms with Gasteiger partial charge in [0.25, 0.3) is 0 Å². The van der Waals surface area contributed by atoms with E-state index < -0.39 is 78.7 Å². The van der Waals surface area contributed by atoms with E-state index in [1.807, 2.05) is 0 Å². The quantitative estimate of drug-likeness (QED) is 0.314. The minimum Gasteiger partial charge on any atom is -0.463 e. The van der Waals surface area contributed by atoms with Crippen LogP contribution in [0.1, 0.15) is 34.1 Å². The fraction of sp³-hybridized carbons (Fsp3) is 0.700. The van der Waals surface area contributed by atoms with Crippen LogP contribution in [0.25, 0.3) is 0 Å². The number of likely N-dealkylation sites (N-methyl/N-ethyl adjacent to an activating group) is 1. The number of ether oxygens (including phenoxy) is 4. The third-order valence-electron chi connectivity index (χ3n) is 5.25. The van der Waals surface area contributed by atoms with E-state index in [0.29, 0.717) is 0 Å². The maximum Gasteiger partial charge on any atom is 0.303 e. The largest absolute Gasteiger partial charge is 0.463 e. The van der Waals surface area contributed by atoms with Gasteiger partial charge in [0.15, 0.2) is 12.2 Å². The van der Waals surface area contributed by atoms with Crippen molar-refractivity contribution in [3.05, 3.63) is 0 Å². The summed E-state index contributed by atoms with van der Waals surface area (Å²) in [7, 11) is 1.40. The summed E-state index contributed by atoms with van der Waals surface area (Å²) in [5.74, 6) is -3.61. The zero-order valence-electron chi connectivity index (χ0n) is 19.1. The third-order valence-corrected chi connectivity index (χ3v) is 5.25. The molecule has 0 unspecified atom stereocenters. The number of carbonyl (C=O) groups is 6. The summed E-state index contributed by atoms with van der Waals surface area (Å²) in [4.78, 5) is 73.2. The SMILES string of the molecule is CNC(=O)[C@@H]1C[C@H]2O[C@H](COC(C)=O)[C@@H](OC(C)=O)[C@H](OC(C)=O)[C@H]2N1C(=O)CNC(C)=O.